The zero-order chi connectivity index (χ0) is 11.1. The van der Waals surface area contributed by atoms with Crippen LogP contribution in [-0.4, -0.2) is 5.11 Å². The first-order valence-corrected chi connectivity index (χ1v) is 5.45. The molecule has 1 atom stereocenters. The van der Waals surface area contributed by atoms with Crippen LogP contribution in [0.4, 0.5) is 0 Å². The lowest BCUT2D eigenvalue weighted by Gasteiger charge is -2.13. The first-order chi connectivity index (χ1) is 7.29. The molecule has 1 aromatic carbocycles. The summed E-state index contributed by atoms with van der Waals surface area (Å²) in [5.74, 6) is 5.82. The molecule has 0 saturated carbocycles. The molecular weight excluding hydrogens is 184 g/mol. The van der Waals surface area contributed by atoms with Gasteiger partial charge >= 0.3 is 0 Å². The van der Waals surface area contributed by atoms with Gasteiger partial charge in [-0.2, -0.15) is 0 Å². The maximum Gasteiger partial charge on any atom is 0.0801 e. The summed E-state index contributed by atoms with van der Waals surface area (Å²) < 4.78 is 0. The van der Waals surface area contributed by atoms with Crippen molar-refractivity contribution < 1.29 is 5.11 Å². The van der Waals surface area contributed by atoms with Gasteiger partial charge in [-0.1, -0.05) is 31.2 Å². The fourth-order valence-electron chi connectivity index (χ4n) is 1.67. The SMILES string of the molecule is CC#CCCC(O)c1ccccc1CC. The van der Waals surface area contributed by atoms with Crippen LogP contribution in [0.15, 0.2) is 24.3 Å². The second kappa shape index (κ2) is 6.27. The zero-order valence-corrected chi connectivity index (χ0v) is 9.46. The van der Waals surface area contributed by atoms with Gasteiger partial charge in [0, 0.05) is 6.42 Å². The Labute approximate surface area is 92.1 Å². The lowest BCUT2D eigenvalue weighted by molar-refractivity contribution is 0.168. The van der Waals surface area contributed by atoms with Crippen LogP contribution in [0.5, 0.6) is 0 Å². The van der Waals surface area contributed by atoms with Crippen molar-refractivity contribution in [2.75, 3.05) is 0 Å². The van der Waals surface area contributed by atoms with Crippen molar-refractivity contribution in [3.8, 4) is 11.8 Å². The molecule has 0 amide bonds. The highest BCUT2D eigenvalue weighted by Crippen LogP contribution is 2.22. The number of hydrogen-bond donors (Lipinski definition) is 1. The standard InChI is InChI=1S/C14H18O/c1-3-5-6-11-14(15)13-10-8-7-9-12(13)4-2/h7-10,14-15H,4,6,11H2,1-2H3. The number of benzene rings is 1. The van der Waals surface area contributed by atoms with Gasteiger partial charge in [0.25, 0.3) is 0 Å². The van der Waals surface area contributed by atoms with Crippen molar-refractivity contribution in [2.45, 2.75) is 39.2 Å². The molecular formula is C14H18O. The molecule has 0 heterocycles. The molecule has 0 aromatic heterocycles. The van der Waals surface area contributed by atoms with Crippen molar-refractivity contribution in [1.29, 1.82) is 0 Å². The molecule has 0 spiro atoms. The van der Waals surface area contributed by atoms with E-state index in [2.05, 4.69) is 24.8 Å². The van der Waals surface area contributed by atoms with Gasteiger partial charge in [0.15, 0.2) is 0 Å². The molecule has 1 N–H and O–H groups in total. The first kappa shape index (κ1) is 11.8. The minimum absolute atomic E-state index is 0.373. The Morgan fingerprint density at radius 3 is 2.73 bits per heavy atom. The molecule has 0 saturated heterocycles. The van der Waals surface area contributed by atoms with Crippen LogP contribution >= 0.6 is 0 Å². The Balaban J connectivity index is 2.70. The number of aliphatic hydroxyl groups excluding tert-OH is 1. The second-order valence-electron chi connectivity index (χ2n) is 3.53. The average Bonchev–Trinajstić information content (AvgIpc) is 2.29. The number of rotatable bonds is 4. The molecule has 0 radical (unpaired) electrons. The van der Waals surface area contributed by atoms with Crippen molar-refractivity contribution >= 4 is 0 Å². The molecule has 1 nitrogen and oxygen atoms in total. The summed E-state index contributed by atoms with van der Waals surface area (Å²) >= 11 is 0. The molecule has 0 aliphatic carbocycles. The van der Waals surface area contributed by atoms with E-state index in [1.807, 2.05) is 25.1 Å². The van der Waals surface area contributed by atoms with E-state index in [1.165, 1.54) is 5.56 Å². The molecule has 1 unspecified atom stereocenters. The van der Waals surface area contributed by atoms with E-state index in [0.29, 0.717) is 0 Å². The normalized spacial score (nSPS) is 11.7. The summed E-state index contributed by atoms with van der Waals surface area (Å²) in [6.07, 6.45) is 2.07. The van der Waals surface area contributed by atoms with Gasteiger partial charge < -0.3 is 5.11 Å². The number of aryl methyl sites for hydroxylation is 1. The topological polar surface area (TPSA) is 20.2 Å². The first-order valence-electron chi connectivity index (χ1n) is 5.45. The molecule has 15 heavy (non-hydrogen) atoms. The van der Waals surface area contributed by atoms with Crippen LogP contribution in [0.1, 0.15) is 43.9 Å². The molecule has 1 rings (SSSR count). The number of hydrogen-bond acceptors (Lipinski definition) is 1. The molecule has 0 fully saturated rings. The van der Waals surface area contributed by atoms with Gasteiger partial charge in [0.2, 0.25) is 0 Å². The van der Waals surface area contributed by atoms with Crippen LogP contribution in [0.3, 0.4) is 0 Å². The lowest BCUT2D eigenvalue weighted by atomic mass is 9.98. The monoisotopic (exact) mass is 202 g/mol. The van der Waals surface area contributed by atoms with Crippen molar-refractivity contribution in [3.63, 3.8) is 0 Å². The highest BCUT2D eigenvalue weighted by Gasteiger charge is 2.09. The number of aliphatic hydroxyl groups is 1. The van der Waals surface area contributed by atoms with Gasteiger partial charge in [0.05, 0.1) is 6.10 Å². The molecule has 1 heteroatoms. The van der Waals surface area contributed by atoms with Crippen molar-refractivity contribution in [1.82, 2.24) is 0 Å². The van der Waals surface area contributed by atoms with Gasteiger partial charge in [-0.15, -0.1) is 11.8 Å². The van der Waals surface area contributed by atoms with Crippen LogP contribution < -0.4 is 0 Å². The lowest BCUT2D eigenvalue weighted by Crippen LogP contribution is -2.01. The third-order valence-electron chi connectivity index (χ3n) is 2.51. The maximum atomic E-state index is 9.99. The van der Waals surface area contributed by atoms with Gasteiger partial charge in [0.1, 0.15) is 0 Å². The van der Waals surface area contributed by atoms with E-state index < -0.39 is 0 Å². The Bertz CT molecular complexity index is 357. The quantitative estimate of drug-likeness (QED) is 0.744. The zero-order valence-electron chi connectivity index (χ0n) is 9.46. The molecule has 80 valence electrons. The van der Waals surface area contributed by atoms with Crippen LogP contribution in [0, 0.1) is 11.8 Å². The van der Waals surface area contributed by atoms with Gasteiger partial charge in [-0.3, -0.25) is 0 Å². The largest absolute Gasteiger partial charge is 0.388 e. The van der Waals surface area contributed by atoms with E-state index in [4.69, 9.17) is 0 Å². The Morgan fingerprint density at radius 2 is 2.07 bits per heavy atom. The van der Waals surface area contributed by atoms with E-state index in [0.717, 1.165) is 24.8 Å². The fraction of sp³-hybridized carbons (Fsp3) is 0.429. The van der Waals surface area contributed by atoms with Gasteiger partial charge in [-0.25, -0.2) is 0 Å². The Morgan fingerprint density at radius 1 is 1.33 bits per heavy atom. The summed E-state index contributed by atoms with van der Waals surface area (Å²) in [6.45, 7) is 3.93. The second-order valence-corrected chi connectivity index (χ2v) is 3.53. The molecule has 1 aromatic rings. The molecule has 0 aliphatic heterocycles. The van der Waals surface area contributed by atoms with E-state index in [-0.39, 0.29) is 6.10 Å². The minimum Gasteiger partial charge on any atom is -0.388 e. The predicted molar refractivity (Wildman–Crippen MR) is 63.5 cm³/mol. The molecule has 0 bridgehead atoms. The van der Waals surface area contributed by atoms with Crippen molar-refractivity contribution in [3.05, 3.63) is 35.4 Å². The minimum atomic E-state index is -0.373. The van der Waals surface area contributed by atoms with Crippen LogP contribution in [0.2, 0.25) is 0 Å². The van der Waals surface area contributed by atoms with Gasteiger partial charge in [-0.05, 0) is 30.9 Å². The predicted octanol–water partition coefficient (Wildman–Crippen LogP) is 3.09. The Hall–Kier alpha value is -1.26. The van der Waals surface area contributed by atoms with Crippen molar-refractivity contribution in [2.24, 2.45) is 0 Å². The fourth-order valence-corrected chi connectivity index (χ4v) is 1.67. The van der Waals surface area contributed by atoms with E-state index >= 15 is 0 Å². The summed E-state index contributed by atoms with van der Waals surface area (Å²) in [5, 5.41) is 9.99. The summed E-state index contributed by atoms with van der Waals surface area (Å²) in [5.41, 5.74) is 2.28. The van der Waals surface area contributed by atoms with E-state index in [9.17, 15) is 5.11 Å². The summed E-state index contributed by atoms with van der Waals surface area (Å²) in [4.78, 5) is 0. The molecule has 0 aliphatic rings. The smallest absolute Gasteiger partial charge is 0.0801 e. The van der Waals surface area contributed by atoms with Crippen LogP contribution in [-0.2, 0) is 6.42 Å². The third kappa shape index (κ3) is 3.42. The average molecular weight is 202 g/mol. The maximum absolute atomic E-state index is 9.99. The summed E-state index contributed by atoms with van der Waals surface area (Å²) in [7, 11) is 0. The Kier molecular flexibility index (Phi) is 4.93. The highest BCUT2D eigenvalue weighted by atomic mass is 16.3. The van der Waals surface area contributed by atoms with E-state index in [1.54, 1.807) is 0 Å². The summed E-state index contributed by atoms with van der Waals surface area (Å²) in [6, 6.07) is 8.07. The highest BCUT2D eigenvalue weighted by molar-refractivity contribution is 5.29. The van der Waals surface area contributed by atoms with Crippen LogP contribution in [0.25, 0.3) is 0 Å². The third-order valence-corrected chi connectivity index (χ3v) is 2.51.